The van der Waals surface area contributed by atoms with Gasteiger partial charge in [-0.1, -0.05) is 18.1 Å². The predicted molar refractivity (Wildman–Crippen MR) is 64.9 cm³/mol. The first-order valence-corrected chi connectivity index (χ1v) is 6.24. The Balaban J connectivity index is 2.08. The van der Waals surface area contributed by atoms with Crippen LogP contribution in [0.1, 0.15) is 39.5 Å². The minimum absolute atomic E-state index is 0.0482. The van der Waals surface area contributed by atoms with Crippen LogP contribution in [0, 0.1) is 5.41 Å². The summed E-state index contributed by atoms with van der Waals surface area (Å²) in [4.78, 5) is 14.4. The quantitative estimate of drug-likeness (QED) is 0.686. The van der Waals surface area contributed by atoms with Crippen molar-refractivity contribution in [2.24, 2.45) is 11.1 Å². The first-order chi connectivity index (χ1) is 7.54. The monoisotopic (exact) mass is 222 g/mol. The summed E-state index contributed by atoms with van der Waals surface area (Å²) in [6.07, 6.45) is 6.20. The molecule has 0 radical (unpaired) electrons. The molecule has 0 aromatic heterocycles. The van der Waals surface area contributed by atoms with Gasteiger partial charge in [-0.25, -0.2) is 0 Å². The highest BCUT2D eigenvalue weighted by atomic mass is 16.2. The molecule has 0 aromatic carbocycles. The van der Waals surface area contributed by atoms with E-state index in [0.717, 1.165) is 38.8 Å². The van der Waals surface area contributed by atoms with Gasteiger partial charge in [-0.05, 0) is 33.1 Å². The molecule has 3 heteroatoms. The van der Waals surface area contributed by atoms with E-state index in [2.05, 4.69) is 13.0 Å². The molecule has 1 amide bonds. The van der Waals surface area contributed by atoms with Crippen molar-refractivity contribution in [2.45, 2.75) is 45.6 Å². The molecule has 2 unspecified atom stereocenters. The van der Waals surface area contributed by atoms with Crippen molar-refractivity contribution in [1.82, 2.24) is 4.90 Å². The van der Waals surface area contributed by atoms with Crippen LogP contribution in [-0.4, -0.2) is 29.9 Å². The summed E-state index contributed by atoms with van der Waals surface area (Å²) in [5, 5.41) is 0. The number of rotatable bonds is 1. The largest absolute Gasteiger partial charge is 0.338 e. The number of hydrogen-bond donors (Lipinski definition) is 1. The SMILES string of the molecule is CC1=CCN(C(=O)C2(C)CCCC2N)CC1. The average molecular weight is 222 g/mol. The summed E-state index contributed by atoms with van der Waals surface area (Å²) in [6.45, 7) is 5.81. The molecule has 2 rings (SSSR count). The van der Waals surface area contributed by atoms with Crippen molar-refractivity contribution in [3.05, 3.63) is 11.6 Å². The lowest BCUT2D eigenvalue weighted by Gasteiger charge is -2.35. The van der Waals surface area contributed by atoms with Crippen molar-refractivity contribution < 1.29 is 4.79 Å². The van der Waals surface area contributed by atoms with Gasteiger partial charge < -0.3 is 10.6 Å². The third kappa shape index (κ3) is 1.88. The summed E-state index contributed by atoms with van der Waals surface area (Å²) in [6, 6.07) is 0.0482. The standard InChI is InChI=1S/C13H22N2O/c1-10-5-8-15(9-6-10)12(16)13(2)7-3-4-11(13)14/h5,11H,3-4,6-9,14H2,1-2H3. The summed E-state index contributed by atoms with van der Waals surface area (Å²) in [7, 11) is 0. The van der Waals surface area contributed by atoms with Gasteiger partial charge in [0.15, 0.2) is 0 Å². The Kier molecular flexibility index (Phi) is 3.06. The van der Waals surface area contributed by atoms with E-state index in [1.807, 2.05) is 11.8 Å². The third-order valence-corrected chi connectivity index (χ3v) is 4.24. The topological polar surface area (TPSA) is 46.3 Å². The summed E-state index contributed by atoms with van der Waals surface area (Å²) < 4.78 is 0. The van der Waals surface area contributed by atoms with Crippen molar-refractivity contribution in [3.8, 4) is 0 Å². The van der Waals surface area contributed by atoms with Gasteiger partial charge in [0.25, 0.3) is 0 Å². The number of hydrogen-bond acceptors (Lipinski definition) is 2. The maximum absolute atomic E-state index is 12.5. The fourth-order valence-electron chi connectivity index (χ4n) is 2.78. The van der Waals surface area contributed by atoms with Crippen LogP contribution in [0.25, 0.3) is 0 Å². The van der Waals surface area contributed by atoms with E-state index in [9.17, 15) is 4.79 Å². The van der Waals surface area contributed by atoms with Crippen LogP contribution in [0.2, 0.25) is 0 Å². The Bertz CT molecular complexity index is 324. The number of amides is 1. The van der Waals surface area contributed by atoms with Gasteiger partial charge in [-0.15, -0.1) is 0 Å². The maximum Gasteiger partial charge on any atom is 0.230 e. The molecule has 2 N–H and O–H groups in total. The molecule has 2 atom stereocenters. The maximum atomic E-state index is 12.5. The summed E-state index contributed by atoms with van der Waals surface area (Å²) in [5.41, 5.74) is 7.17. The molecule has 90 valence electrons. The molecule has 1 heterocycles. The average Bonchev–Trinajstić information content (AvgIpc) is 2.61. The van der Waals surface area contributed by atoms with Gasteiger partial charge in [0.05, 0.1) is 5.41 Å². The van der Waals surface area contributed by atoms with Crippen LogP contribution in [0.3, 0.4) is 0 Å². The molecule has 1 aliphatic heterocycles. The Labute approximate surface area is 97.7 Å². The highest BCUT2D eigenvalue weighted by Gasteiger charge is 2.44. The third-order valence-electron chi connectivity index (χ3n) is 4.24. The van der Waals surface area contributed by atoms with Crippen molar-refractivity contribution in [3.63, 3.8) is 0 Å². The first kappa shape index (κ1) is 11.6. The van der Waals surface area contributed by atoms with Crippen molar-refractivity contribution >= 4 is 5.91 Å². The minimum Gasteiger partial charge on any atom is -0.338 e. The van der Waals surface area contributed by atoms with E-state index >= 15 is 0 Å². The lowest BCUT2D eigenvalue weighted by atomic mass is 9.83. The van der Waals surface area contributed by atoms with Crippen molar-refractivity contribution in [2.75, 3.05) is 13.1 Å². The van der Waals surface area contributed by atoms with Crippen LogP contribution in [-0.2, 0) is 4.79 Å². The van der Waals surface area contributed by atoms with E-state index in [1.54, 1.807) is 0 Å². The van der Waals surface area contributed by atoms with E-state index in [1.165, 1.54) is 5.57 Å². The molecular formula is C13H22N2O. The van der Waals surface area contributed by atoms with Gasteiger partial charge in [0.1, 0.15) is 0 Å². The van der Waals surface area contributed by atoms with Crippen molar-refractivity contribution in [1.29, 1.82) is 0 Å². The molecule has 16 heavy (non-hydrogen) atoms. The van der Waals surface area contributed by atoms with E-state index in [-0.39, 0.29) is 17.4 Å². The number of nitrogens with zero attached hydrogens (tertiary/aromatic N) is 1. The number of nitrogens with two attached hydrogens (primary N) is 1. The van der Waals surface area contributed by atoms with Gasteiger partial charge in [0, 0.05) is 19.1 Å². The molecule has 0 aromatic rings. The van der Waals surface area contributed by atoms with E-state index < -0.39 is 0 Å². The molecule has 0 saturated heterocycles. The Morgan fingerprint density at radius 3 is 2.88 bits per heavy atom. The fraction of sp³-hybridized carbons (Fsp3) is 0.769. The number of carbonyl (C=O) groups is 1. The van der Waals surface area contributed by atoms with Gasteiger partial charge in [-0.2, -0.15) is 0 Å². The van der Waals surface area contributed by atoms with Crippen LogP contribution in [0.15, 0.2) is 11.6 Å². The lowest BCUT2D eigenvalue weighted by Crippen LogP contribution is -2.50. The molecule has 1 aliphatic carbocycles. The fourth-order valence-corrected chi connectivity index (χ4v) is 2.78. The van der Waals surface area contributed by atoms with Crippen LogP contribution in [0.4, 0.5) is 0 Å². The molecule has 1 fully saturated rings. The Morgan fingerprint density at radius 2 is 2.38 bits per heavy atom. The van der Waals surface area contributed by atoms with Crippen LogP contribution >= 0.6 is 0 Å². The predicted octanol–water partition coefficient (Wildman–Crippen LogP) is 1.68. The summed E-state index contributed by atoms with van der Waals surface area (Å²) in [5.74, 6) is 0.265. The second kappa shape index (κ2) is 4.21. The first-order valence-electron chi connectivity index (χ1n) is 6.24. The highest BCUT2D eigenvalue weighted by Crippen LogP contribution is 2.38. The minimum atomic E-state index is -0.306. The lowest BCUT2D eigenvalue weighted by molar-refractivity contribution is -0.141. The van der Waals surface area contributed by atoms with Gasteiger partial charge >= 0.3 is 0 Å². The highest BCUT2D eigenvalue weighted by molar-refractivity contribution is 5.83. The molecule has 0 bridgehead atoms. The Morgan fingerprint density at radius 1 is 1.62 bits per heavy atom. The molecule has 0 spiro atoms. The zero-order chi connectivity index (χ0) is 11.8. The molecular weight excluding hydrogens is 200 g/mol. The zero-order valence-corrected chi connectivity index (χ0v) is 10.3. The van der Waals surface area contributed by atoms with Gasteiger partial charge in [-0.3, -0.25) is 4.79 Å². The van der Waals surface area contributed by atoms with Crippen LogP contribution < -0.4 is 5.73 Å². The number of carbonyl (C=O) groups excluding carboxylic acids is 1. The molecule has 2 aliphatic rings. The second-order valence-corrected chi connectivity index (χ2v) is 5.47. The normalized spacial score (nSPS) is 35.1. The molecule has 3 nitrogen and oxygen atoms in total. The van der Waals surface area contributed by atoms with Gasteiger partial charge in [0.2, 0.25) is 5.91 Å². The zero-order valence-electron chi connectivity index (χ0n) is 10.3. The van der Waals surface area contributed by atoms with Crippen LogP contribution in [0.5, 0.6) is 0 Å². The van der Waals surface area contributed by atoms with E-state index in [4.69, 9.17) is 5.73 Å². The Hall–Kier alpha value is -0.830. The smallest absolute Gasteiger partial charge is 0.230 e. The molecule has 1 saturated carbocycles. The second-order valence-electron chi connectivity index (χ2n) is 5.47. The van der Waals surface area contributed by atoms with E-state index in [0.29, 0.717) is 0 Å². The summed E-state index contributed by atoms with van der Waals surface area (Å²) >= 11 is 0.